The number of hydrogen-bond donors (Lipinski definition) is 2. The summed E-state index contributed by atoms with van der Waals surface area (Å²) < 4.78 is 2.67. The molecule has 0 aliphatic carbocycles. The molecule has 7 nitrogen and oxygen atoms in total. The van der Waals surface area contributed by atoms with E-state index < -0.39 is 0 Å². The highest BCUT2D eigenvalue weighted by Crippen LogP contribution is 2.07. The second-order valence-corrected chi connectivity index (χ2v) is 5.78. The fraction of sp³-hybridized carbons (Fsp3) is 0.706. The van der Waals surface area contributed by atoms with Crippen LogP contribution < -0.4 is 11.2 Å². The van der Waals surface area contributed by atoms with Crippen molar-refractivity contribution in [3.63, 3.8) is 0 Å². The SMILES string of the molecule is CC.CCCc1nc2c([nH]1)c(=O)n(CCCCC(C)O)c(=O)n2C. The summed E-state index contributed by atoms with van der Waals surface area (Å²) in [5, 5.41) is 9.25. The maximum absolute atomic E-state index is 12.5. The third-order valence-electron chi connectivity index (χ3n) is 3.77. The first kappa shape index (κ1) is 20.2. The van der Waals surface area contributed by atoms with Crippen LogP contribution in [0.3, 0.4) is 0 Å². The number of aliphatic hydroxyl groups is 1. The average Bonchev–Trinajstić information content (AvgIpc) is 2.98. The number of H-pyrrole nitrogens is 1. The molecule has 2 N–H and O–H groups in total. The number of nitrogens with one attached hydrogen (secondary N) is 1. The van der Waals surface area contributed by atoms with Gasteiger partial charge in [0.05, 0.1) is 6.10 Å². The van der Waals surface area contributed by atoms with Crippen molar-refractivity contribution in [1.82, 2.24) is 19.1 Å². The molecular formula is C17H30N4O3. The lowest BCUT2D eigenvalue weighted by atomic mass is 10.2. The fourth-order valence-electron chi connectivity index (χ4n) is 2.56. The molecule has 136 valence electrons. The quantitative estimate of drug-likeness (QED) is 0.755. The Bertz CT molecular complexity index is 756. The van der Waals surface area contributed by atoms with E-state index in [1.807, 2.05) is 20.8 Å². The molecule has 1 atom stereocenters. The van der Waals surface area contributed by atoms with Gasteiger partial charge in [0.25, 0.3) is 5.56 Å². The lowest BCUT2D eigenvalue weighted by Crippen LogP contribution is -2.39. The number of imidazole rings is 1. The van der Waals surface area contributed by atoms with Crippen molar-refractivity contribution >= 4 is 11.2 Å². The summed E-state index contributed by atoms with van der Waals surface area (Å²) in [5.41, 5.74) is 0.147. The molecule has 0 bridgehead atoms. The Hall–Kier alpha value is -1.89. The van der Waals surface area contributed by atoms with Gasteiger partial charge in [-0.05, 0) is 32.6 Å². The van der Waals surface area contributed by atoms with Crippen LogP contribution in [0.25, 0.3) is 11.2 Å². The first-order chi connectivity index (χ1) is 11.5. The predicted molar refractivity (Wildman–Crippen MR) is 96.5 cm³/mol. The number of aromatic nitrogens is 4. The van der Waals surface area contributed by atoms with Gasteiger partial charge in [0, 0.05) is 20.0 Å². The van der Waals surface area contributed by atoms with Gasteiger partial charge >= 0.3 is 5.69 Å². The van der Waals surface area contributed by atoms with E-state index in [4.69, 9.17) is 0 Å². The molecule has 7 heteroatoms. The van der Waals surface area contributed by atoms with Crippen molar-refractivity contribution in [3.8, 4) is 0 Å². The Morgan fingerprint density at radius 2 is 1.92 bits per heavy atom. The molecule has 1 unspecified atom stereocenters. The lowest BCUT2D eigenvalue weighted by Gasteiger charge is -2.08. The zero-order valence-corrected chi connectivity index (χ0v) is 15.4. The van der Waals surface area contributed by atoms with Crippen LogP contribution in [-0.2, 0) is 20.0 Å². The smallest absolute Gasteiger partial charge is 0.332 e. The number of unbranched alkanes of at least 4 members (excludes halogenated alkanes) is 1. The Kier molecular flexibility index (Phi) is 7.91. The van der Waals surface area contributed by atoms with Crippen molar-refractivity contribution < 1.29 is 5.11 Å². The highest BCUT2D eigenvalue weighted by Gasteiger charge is 2.14. The van der Waals surface area contributed by atoms with E-state index in [9.17, 15) is 14.7 Å². The molecule has 0 aromatic carbocycles. The van der Waals surface area contributed by atoms with Gasteiger partial charge in [0.1, 0.15) is 11.3 Å². The maximum atomic E-state index is 12.5. The van der Waals surface area contributed by atoms with Crippen molar-refractivity contribution in [2.45, 2.75) is 72.4 Å². The van der Waals surface area contributed by atoms with E-state index in [1.54, 1.807) is 14.0 Å². The molecule has 0 radical (unpaired) electrons. The Morgan fingerprint density at radius 1 is 1.25 bits per heavy atom. The molecule has 0 fully saturated rings. The third-order valence-corrected chi connectivity index (χ3v) is 3.77. The number of rotatable bonds is 7. The van der Waals surface area contributed by atoms with Crippen LogP contribution in [0.15, 0.2) is 9.59 Å². The lowest BCUT2D eigenvalue weighted by molar-refractivity contribution is 0.180. The summed E-state index contributed by atoms with van der Waals surface area (Å²) in [6.07, 6.45) is 3.43. The molecule has 0 spiro atoms. The summed E-state index contributed by atoms with van der Waals surface area (Å²) in [7, 11) is 1.63. The highest BCUT2D eigenvalue weighted by atomic mass is 16.3. The second kappa shape index (κ2) is 9.42. The molecule has 0 aliphatic rings. The molecular weight excluding hydrogens is 308 g/mol. The summed E-state index contributed by atoms with van der Waals surface area (Å²) in [5.74, 6) is 0.733. The summed E-state index contributed by atoms with van der Waals surface area (Å²) in [6.45, 7) is 8.13. The fourth-order valence-corrected chi connectivity index (χ4v) is 2.56. The van der Waals surface area contributed by atoms with E-state index in [-0.39, 0.29) is 17.4 Å². The van der Waals surface area contributed by atoms with E-state index in [1.165, 1.54) is 9.13 Å². The van der Waals surface area contributed by atoms with Crippen molar-refractivity contribution in [3.05, 3.63) is 26.7 Å². The number of fused-ring (bicyclic) bond motifs is 1. The van der Waals surface area contributed by atoms with E-state index in [0.29, 0.717) is 30.6 Å². The predicted octanol–water partition coefficient (Wildman–Crippen LogP) is 1.95. The average molecular weight is 338 g/mol. The van der Waals surface area contributed by atoms with Crippen LogP contribution in [0.4, 0.5) is 0 Å². The van der Waals surface area contributed by atoms with Crippen LogP contribution in [0.1, 0.15) is 59.2 Å². The van der Waals surface area contributed by atoms with Crippen LogP contribution >= 0.6 is 0 Å². The molecule has 0 saturated heterocycles. The monoisotopic (exact) mass is 338 g/mol. The van der Waals surface area contributed by atoms with E-state index >= 15 is 0 Å². The molecule has 0 amide bonds. The topological polar surface area (TPSA) is 92.9 Å². The van der Waals surface area contributed by atoms with E-state index in [0.717, 1.165) is 25.1 Å². The Labute approximate surface area is 142 Å². The molecule has 2 heterocycles. The second-order valence-electron chi connectivity index (χ2n) is 5.78. The van der Waals surface area contributed by atoms with Gasteiger partial charge in [-0.1, -0.05) is 20.8 Å². The van der Waals surface area contributed by atoms with Crippen LogP contribution in [0, 0.1) is 0 Å². The van der Waals surface area contributed by atoms with Gasteiger partial charge in [-0.3, -0.25) is 13.9 Å². The van der Waals surface area contributed by atoms with E-state index in [2.05, 4.69) is 9.97 Å². The van der Waals surface area contributed by atoms with Crippen molar-refractivity contribution in [2.24, 2.45) is 7.05 Å². The Morgan fingerprint density at radius 3 is 2.50 bits per heavy atom. The zero-order chi connectivity index (χ0) is 18.3. The van der Waals surface area contributed by atoms with Gasteiger partial charge in [-0.25, -0.2) is 9.78 Å². The molecule has 24 heavy (non-hydrogen) atoms. The van der Waals surface area contributed by atoms with Gasteiger partial charge in [0.2, 0.25) is 0 Å². The Balaban J connectivity index is 0.00000139. The minimum absolute atomic E-state index is 0.315. The summed E-state index contributed by atoms with van der Waals surface area (Å²) >= 11 is 0. The van der Waals surface area contributed by atoms with Crippen LogP contribution in [-0.4, -0.2) is 30.3 Å². The molecule has 0 saturated carbocycles. The molecule has 2 aromatic heterocycles. The number of aliphatic hydroxyl groups excluding tert-OH is 1. The molecule has 0 aliphatic heterocycles. The maximum Gasteiger partial charge on any atom is 0.332 e. The number of aryl methyl sites for hydroxylation is 2. The minimum Gasteiger partial charge on any atom is -0.393 e. The minimum atomic E-state index is -0.355. The highest BCUT2D eigenvalue weighted by molar-refractivity contribution is 5.69. The number of hydrogen-bond acceptors (Lipinski definition) is 4. The summed E-state index contributed by atoms with van der Waals surface area (Å²) in [4.78, 5) is 32.2. The largest absolute Gasteiger partial charge is 0.393 e. The van der Waals surface area contributed by atoms with Gasteiger partial charge < -0.3 is 10.1 Å². The third kappa shape index (κ3) is 4.56. The molecule has 2 aromatic rings. The van der Waals surface area contributed by atoms with Crippen molar-refractivity contribution in [2.75, 3.05) is 0 Å². The standard InChI is InChI=1S/C15H24N4O3.C2H6/c1-4-7-11-16-12-13(17-11)18(3)15(22)19(14(12)21)9-6-5-8-10(2)20;1-2/h10,20H,4-9H2,1-3H3,(H,16,17);1-2H3. The number of aromatic amines is 1. The van der Waals surface area contributed by atoms with Gasteiger partial charge in [-0.15, -0.1) is 0 Å². The van der Waals surface area contributed by atoms with Gasteiger partial charge in [-0.2, -0.15) is 0 Å². The first-order valence-corrected chi connectivity index (χ1v) is 8.82. The number of nitrogens with zero attached hydrogens (tertiary/aromatic N) is 3. The zero-order valence-electron chi connectivity index (χ0n) is 15.4. The van der Waals surface area contributed by atoms with Crippen molar-refractivity contribution in [1.29, 1.82) is 0 Å². The molecule has 2 rings (SSSR count). The summed E-state index contributed by atoms with van der Waals surface area (Å²) in [6, 6.07) is 0. The first-order valence-electron chi connectivity index (χ1n) is 8.82. The van der Waals surface area contributed by atoms with Crippen LogP contribution in [0.2, 0.25) is 0 Å². The van der Waals surface area contributed by atoms with Gasteiger partial charge in [0.15, 0.2) is 5.65 Å². The van der Waals surface area contributed by atoms with Crippen LogP contribution in [0.5, 0.6) is 0 Å². The normalized spacial score (nSPS) is 12.1.